The number of fused-ring (bicyclic) bond motifs is 1. The van der Waals surface area contributed by atoms with Gasteiger partial charge < -0.3 is 15.0 Å². The second-order valence-corrected chi connectivity index (χ2v) is 5.83. The summed E-state index contributed by atoms with van der Waals surface area (Å²) in [6, 6.07) is 8.97. The van der Waals surface area contributed by atoms with Gasteiger partial charge in [-0.25, -0.2) is 0 Å². The number of para-hydroxylation sites is 1. The van der Waals surface area contributed by atoms with E-state index >= 15 is 0 Å². The fraction of sp³-hybridized carbons (Fsp3) is 0.529. The Kier molecular flexibility index (Phi) is 4.08. The summed E-state index contributed by atoms with van der Waals surface area (Å²) >= 11 is 0. The zero-order chi connectivity index (χ0) is 13.9. The summed E-state index contributed by atoms with van der Waals surface area (Å²) in [7, 11) is 0. The Morgan fingerprint density at radius 3 is 3.05 bits per heavy atom. The third-order valence-electron chi connectivity index (χ3n) is 4.30. The molecule has 2 aromatic rings. The molecule has 2 N–H and O–H groups in total. The SMILES string of the molecule is CCC(N)Cc1cccc2ccn(CC3CCCO3)c12. The van der Waals surface area contributed by atoms with Crippen LogP contribution in [0.15, 0.2) is 30.5 Å². The van der Waals surface area contributed by atoms with Crippen molar-refractivity contribution < 1.29 is 4.74 Å². The molecule has 1 aromatic carbocycles. The maximum absolute atomic E-state index is 6.14. The minimum Gasteiger partial charge on any atom is -0.376 e. The van der Waals surface area contributed by atoms with E-state index in [0.29, 0.717) is 6.10 Å². The van der Waals surface area contributed by atoms with Crippen molar-refractivity contribution in [2.75, 3.05) is 6.61 Å². The van der Waals surface area contributed by atoms with Crippen molar-refractivity contribution in [2.45, 2.75) is 51.3 Å². The van der Waals surface area contributed by atoms with Gasteiger partial charge in [-0.2, -0.15) is 0 Å². The quantitative estimate of drug-likeness (QED) is 0.908. The van der Waals surface area contributed by atoms with Crippen LogP contribution in [0.3, 0.4) is 0 Å². The summed E-state index contributed by atoms with van der Waals surface area (Å²) in [5, 5.41) is 1.31. The first-order valence-corrected chi connectivity index (χ1v) is 7.72. The van der Waals surface area contributed by atoms with Crippen LogP contribution in [-0.2, 0) is 17.7 Å². The van der Waals surface area contributed by atoms with E-state index in [2.05, 4.69) is 42.0 Å². The molecular formula is C17H24N2O. The lowest BCUT2D eigenvalue weighted by molar-refractivity contribution is 0.0980. The first-order valence-electron chi connectivity index (χ1n) is 7.72. The molecule has 1 saturated heterocycles. The fourth-order valence-electron chi connectivity index (χ4n) is 3.09. The van der Waals surface area contributed by atoms with Gasteiger partial charge in [0, 0.05) is 25.4 Å². The molecule has 0 saturated carbocycles. The van der Waals surface area contributed by atoms with Gasteiger partial charge in [0.1, 0.15) is 0 Å². The van der Waals surface area contributed by atoms with Crippen LogP contribution in [0.1, 0.15) is 31.7 Å². The minimum atomic E-state index is 0.242. The molecule has 1 aliphatic heterocycles. The molecule has 108 valence electrons. The highest BCUT2D eigenvalue weighted by Gasteiger charge is 2.17. The summed E-state index contributed by atoms with van der Waals surface area (Å²) < 4.78 is 8.12. The molecular weight excluding hydrogens is 248 g/mol. The van der Waals surface area contributed by atoms with Gasteiger partial charge in [0.2, 0.25) is 0 Å². The van der Waals surface area contributed by atoms with Crippen molar-refractivity contribution in [1.82, 2.24) is 4.57 Å². The standard InChI is InChI=1S/C17H24N2O/c1-2-15(18)11-14-6-3-5-13-8-9-19(17(13)14)12-16-7-4-10-20-16/h3,5-6,8-9,15-16H,2,4,7,10-12,18H2,1H3. The molecule has 2 unspecified atom stereocenters. The number of hydrogen-bond donors (Lipinski definition) is 1. The Morgan fingerprint density at radius 2 is 2.30 bits per heavy atom. The zero-order valence-electron chi connectivity index (χ0n) is 12.2. The smallest absolute Gasteiger partial charge is 0.0754 e. The van der Waals surface area contributed by atoms with E-state index in [1.807, 2.05) is 0 Å². The number of nitrogens with two attached hydrogens (primary N) is 1. The Hall–Kier alpha value is -1.32. The molecule has 3 nitrogen and oxygen atoms in total. The highest BCUT2D eigenvalue weighted by atomic mass is 16.5. The van der Waals surface area contributed by atoms with Crippen LogP contribution in [-0.4, -0.2) is 23.3 Å². The number of ether oxygens (including phenoxy) is 1. The number of benzene rings is 1. The summed E-state index contributed by atoms with van der Waals surface area (Å²) in [6.45, 7) is 4.02. The van der Waals surface area contributed by atoms with E-state index in [1.54, 1.807) is 0 Å². The van der Waals surface area contributed by atoms with Crippen molar-refractivity contribution in [3.63, 3.8) is 0 Å². The van der Waals surface area contributed by atoms with Crippen LogP contribution in [0.2, 0.25) is 0 Å². The van der Waals surface area contributed by atoms with E-state index in [4.69, 9.17) is 10.5 Å². The molecule has 1 aromatic heterocycles. The first-order chi connectivity index (χ1) is 9.78. The average Bonchev–Trinajstić information content (AvgIpc) is 3.10. The molecule has 2 atom stereocenters. The number of aromatic nitrogens is 1. The van der Waals surface area contributed by atoms with Crippen LogP contribution >= 0.6 is 0 Å². The number of hydrogen-bond acceptors (Lipinski definition) is 2. The molecule has 3 rings (SSSR count). The van der Waals surface area contributed by atoms with Crippen molar-refractivity contribution >= 4 is 10.9 Å². The maximum Gasteiger partial charge on any atom is 0.0754 e. The average molecular weight is 272 g/mol. The van der Waals surface area contributed by atoms with Crippen LogP contribution in [0.4, 0.5) is 0 Å². The molecule has 20 heavy (non-hydrogen) atoms. The van der Waals surface area contributed by atoms with Gasteiger partial charge >= 0.3 is 0 Å². The topological polar surface area (TPSA) is 40.2 Å². The third-order valence-corrected chi connectivity index (χ3v) is 4.30. The molecule has 0 amide bonds. The zero-order valence-corrected chi connectivity index (χ0v) is 12.2. The fourth-order valence-corrected chi connectivity index (χ4v) is 3.09. The van der Waals surface area contributed by atoms with Gasteiger partial charge in [-0.05, 0) is 42.7 Å². The molecule has 0 spiro atoms. The molecule has 1 fully saturated rings. The van der Waals surface area contributed by atoms with Crippen molar-refractivity contribution in [1.29, 1.82) is 0 Å². The van der Waals surface area contributed by atoms with Crippen LogP contribution in [0, 0.1) is 0 Å². The Bertz CT molecular complexity index is 569. The highest BCUT2D eigenvalue weighted by molar-refractivity contribution is 5.83. The summed E-state index contributed by atoms with van der Waals surface area (Å²) in [4.78, 5) is 0. The minimum absolute atomic E-state index is 0.242. The first kappa shape index (κ1) is 13.7. The number of rotatable bonds is 5. The molecule has 1 aliphatic rings. The van der Waals surface area contributed by atoms with Gasteiger partial charge in [-0.3, -0.25) is 0 Å². The normalized spacial score (nSPS) is 20.6. The number of nitrogens with zero attached hydrogens (tertiary/aromatic N) is 1. The van der Waals surface area contributed by atoms with Gasteiger partial charge in [-0.15, -0.1) is 0 Å². The Morgan fingerprint density at radius 1 is 1.40 bits per heavy atom. The summed E-state index contributed by atoms with van der Waals surface area (Å²) in [5.41, 5.74) is 8.85. The van der Waals surface area contributed by atoms with Gasteiger partial charge in [0.05, 0.1) is 11.6 Å². The lowest BCUT2D eigenvalue weighted by Gasteiger charge is -2.15. The monoisotopic (exact) mass is 272 g/mol. The maximum atomic E-state index is 6.14. The highest BCUT2D eigenvalue weighted by Crippen LogP contribution is 2.24. The van der Waals surface area contributed by atoms with Gasteiger partial charge in [0.25, 0.3) is 0 Å². The lowest BCUT2D eigenvalue weighted by atomic mass is 10.0. The van der Waals surface area contributed by atoms with Crippen LogP contribution in [0.25, 0.3) is 10.9 Å². The molecule has 0 radical (unpaired) electrons. The predicted molar refractivity (Wildman–Crippen MR) is 82.9 cm³/mol. The van der Waals surface area contributed by atoms with Gasteiger partial charge in [0.15, 0.2) is 0 Å². The van der Waals surface area contributed by atoms with Crippen molar-refractivity contribution in [2.24, 2.45) is 5.73 Å². The van der Waals surface area contributed by atoms with E-state index in [1.165, 1.54) is 29.3 Å². The Labute approximate surface area is 120 Å². The van der Waals surface area contributed by atoms with E-state index < -0.39 is 0 Å². The largest absolute Gasteiger partial charge is 0.376 e. The summed E-state index contributed by atoms with van der Waals surface area (Å²) in [6.07, 6.45) is 6.89. The van der Waals surface area contributed by atoms with Crippen LogP contribution in [0.5, 0.6) is 0 Å². The molecule has 0 aliphatic carbocycles. The van der Waals surface area contributed by atoms with E-state index in [0.717, 1.165) is 26.0 Å². The molecule has 3 heteroatoms. The second kappa shape index (κ2) is 5.98. The van der Waals surface area contributed by atoms with Gasteiger partial charge in [-0.1, -0.05) is 25.1 Å². The predicted octanol–water partition coefficient (Wildman–Crippen LogP) is 3.10. The third kappa shape index (κ3) is 2.74. The van der Waals surface area contributed by atoms with Crippen molar-refractivity contribution in [3.05, 3.63) is 36.0 Å². The van der Waals surface area contributed by atoms with E-state index in [9.17, 15) is 0 Å². The Balaban J connectivity index is 1.91. The van der Waals surface area contributed by atoms with E-state index in [-0.39, 0.29) is 6.04 Å². The van der Waals surface area contributed by atoms with Crippen molar-refractivity contribution in [3.8, 4) is 0 Å². The lowest BCUT2D eigenvalue weighted by Crippen LogP contribution is -2.22. The molecule has 2 heterocycles. The van der Waals surface area contributed by atoms with Crippen LogP contribution < -0.4 is 5.73 Å². The summed E-state index contributed by atoms with van der Waals surface area (Å²) in [5.74, 6) is 0. The molecule has 0 bridgehead atoms. The second-order valence-electron chi connectivity index (χ2n) is 5.83.